The summed E-state index contributed by atoms with van der Waals surface area (Å²) in [6.07, 6.45) is 7.33. The van der Waals surface area contributed by atoms with Crippen molar-refractivity contribution in [2.75, 3.05) is 9.80 Å². The number of benzene rings is 6. The average molecular weight is 635 g/mol. The van der Waals surface area contributed by atoms with E-state index in [2.05, 4.69) is 174 Å². The van der Waals surface area contributed by atoms with Crippen molar-refractivity contribution >= 4 is 34.1 Å². The predicted molar refractivity (Wildman–Crippen MR) is 203 cm³/mol. The van der Waals surface area contributed by atoms with Gasteiger partial charge in [-0.3, -0.25) is 0 Å². The SMILES string of the molecule is c1ccc(N(c2ccccc2)c2ccc(-c3cccc(N(c4ccccc4)c4ccc(C56CC7CC8CC(C5)C7C8C6)cc4)c3)cc2)cc1. The second kappa shape index (κ2) is 11.5. The van der Waals surface area contributed by atoms with Crippen LogP contribution in [0.5, 0.6) is 0 Å². The summed E-state index contributed by atoms with van der Waals surface area (Å²) in [7, 11) is 0. The van der Waals surface area contributed by atoms with E-state index in [1.54, 1.807) is 5.56 Å². The average Bonchev–Trinajstić information content (AvgIpc) is 3.58. The smallest absolute Gasteiger partial charge is 0.0467 e. The predicted octanol–water partition coefficient (Wildman–Crippen LogP) is 12.6. The van der Waals surface area contributed by atoms with Crippen molar-refractivity contribution in [3.05, 3.63) is 169 Å². The Morgan fingerprint density at radius 3 is 1.39 bits per heavy atom. The molecule has 5 aliphatic rings. The first-order valence-electron chi connectivity index (χ1n) is 18.3. The Morgan fingerprint density at radius 2 is 0.857 bits per heavy atom. The fraction of sp³-hybridized carbons (Fsp3) is 0.234. The van der Waals surface area contributed by atoms with Crippen LogP contribution in [0.2, 0.25) is 0 Å². The van der Waals surface area contributed by atoms with Gasteiger partial charge in [-0.1, -0.05) is 91.0 Å². The third-order valence-corrected chi connectivity index (χ3v) is 12.7. The lowest BCUT2D eigenvalue weighted by molar-refractivity contribution is 0.0225. The molecule has 6 aromatic carbocycles. The number of anilines is 6. The fourth-order valence-corrected chi connectivity index (χ4v) is 11.0. The minimum atomic E-state index is 0.415. The Kier molecular flexibility index (Phi) is 6.79. The third kappa shape index (κ3) is 4.83. The molecule has 0 radical (unpaired) electrons. The van der Waals surface area contributed by atoms with Gasteiger partial charge in [0.2, 0.25) is 0 Å². The molecule has 0 N–H and O–H groups in total. The van der Waals surface area contributed by atoms with Gasteiger partial charge in [-0.2, -0.15) is 0 Å². The molecule has 2 nitrogen and oxygen atoms in total. The van der Waals surface area contributed by atoms with E-state index >= 15 is 0 Å². The highest BCUT2D eigenvalue weighted by molar-refractivity contribution is 5.82. The monoisotopic (exact) mass is 634 g/mol. The highest BCUT2D eigenvalue weighted by Gasteiger charge is 2.65. The van der Waals surface area contributed by atoms with Crippen LogP contribution < -0.4 is 9.80 Å². The maximum Gasteiger partial charge on any atom is 0.0467 e. The van der Waals surface area contributed by atoms with Gasteiger partial charge < -0.3 is 9.80 Å². The van der Waals surface area contributed by atoms with E-state index in [9.17, 15) is 0 Å². The van der Waals surface area contributed by atoms with Gasteiger partial charge >= 0.3 is 0 Å². The first-order chi connectivity index (χ1) is 24.2. The summed E-state index contributed by atoms with van der Waals surface area (Å²) in [5.74, 6) is 5.10. The van der Waals surface area contributed by atoms with Crippen LogP contribution in [0.25, 0.3) is 11.1 Å². The number of rotatable bonds is 8. The Hall–Kier alpha value is -5.08. The molecule has 5 fully saturated rings. The third-order valence-electron chi connectivity index (χ3n) is 12.7. The lowest BCUT2D eigenvalue weighted by atomic mass is 9.51. The molecule has 0 heterocycles. The summed E-state index contributed by atoms with van der Waals surface area (Å²) in [4.78, 5) is 4.73. The molecular weight excluding hydrogens is 593 g/mol. The normalized spacial score (nSPS) is 25.8. The summed E-state index contributed by atoms with van der Waals surface area (Å²) in [5, 5.41) is 0. The maximum absolute atomic E-state index is 2.49. The van der Waals surface area contributed by atoms with Crippen LogP contribution in [0.1, 0.15) is 37.7 Å². The van der Waals surface area contributed by atoms with Crippen molar-refractivity contribution in [2.45, 2.75) is 37.5 Å². The second-order valence-electron chi connectivity index (χ2n) is 15.2. The minimum absolute atomic E-state index is 0.415. The summed E-state index contributed by atoms with van der Waals surface area (Å²) < 4.78 is 0. The van der Waals surface area contributed by atoms with Gasteiger partial charge in [-0.05, 0) is 157 Å². The lowest BCUT2D eigenvalue weighted by Gasteiger charge is -2.53. The standard InChI is InChI=1S/C47H42N2/c1-4-12-39(13-5-1)48(40-14-6-2-7-15-40)42-23-19-33(20-24-42)34-11-10-18-44(29-34)49(41-16-8-3-9-17-41)43-25-21-38(22-26-43)47-30-36-27-35-28-37(31-47)46(36)45(35)32-47/h1-26,29,35-37,45-46H,27-28,30-32H2. The van der Waals surface area contributed by atoms with E-state index < -0.39 is 0 Å². The summed E-state index contributed by atoms with van der Waals surface area (Å²) >= 11 is 0. The number of hydrogen-bond acceptors (Lipinski definition) is 2. The molecule has 240 valence electrons. The molecule has 0 amide bonds. The molecule has 6 aromatic rings. The lowest BCUT2D eigenvalue weighted by Crippen LogP contribution is -2.47. The molecule has 5 saturated carbocycles. The van der Waals surface area contributed by atoms with E-state index in [-0.39, 0.29) is 0 Å². The van der Waals surface area contributed by atoms with Gasteiger partial charge in [-0.25, -0.2) is 0 Å². The van der Waals surface area contributed by atoms with E-state index in [1.165, 1.54) is 60.3 Å². The van der Waals surface area contributed by atoms with E-state index in [1.807, 2.05) is 0 Å². The van der Waals surface area contributed by atoms with E-state index in [0.29, 0.717) is 5.41 Å². The summed E-state index contributed by atoms with van der Waals surface area (Å²) in [6.45, 7) is 0. The Labute approximate surface area is 290 Å². The van der Waals surface area contributed by atoms with Gasteiger partial charge in [0.1, 0.15) is 0 Å². The second-order valence-corrected chi connectivity index (χ2v) is 15.2. The highest BCUT2D eigenvalue weighted by atomic mass is 15.1. The zero-order chi connectivity index (χ0) is 32.4. The van der Waals surface area contributed by atoms with Gasteiger partial charge in [0, 0.05) is 34.1 Å². The minimum Gasteiger partial charge on any atom is -0.311 e. The van der Waals surface area contributed by atoms with Crippen LogP contribution in [-0.2, 0) is 5.41 Å². The Bertz CT molecular complexity index is 2020. The van der Waals surface area contributed by atoms with E-state index in [4.69, 9.17) is 0 Å². The molecule has 0 aromatic heterocycles. The first kappa shape index (κ1) is 28.9. The van der Waals surface area contributed by atoms with Crippen LogP contribution >= 0.6 is 0 Å². The molecule has 6 bridgehead atoms. The topological polar surface area (TPSA) is 6.48 Å². The quantitative estimate of drug-likeness (QED) is 0.164. The molecule has 0 aliphatic heterocycles. The number of hydrogen-bond donors (Lipinski definition) is 0. The largest absolute Gasteiger partial charge is 0.311 e. The van der Waals surface area contributed by atoms with Crippen LogP contribution in [-0.4, -0.2) is 0 Å². The molecule has 3 atom stereocenters. The van der Waals surface area contributed by atoms with Crippen molar-refractivity contribution < 1.29 is 0 Å². The molecule has 0 spiro atoms. The van der Waals surface area contributed by atoms with Crippen molar-refractivity contribution in [2.24, 2.45) is 29.6 Å². The number of nitrogens with zero attached hydrogens (tertiary/aromatic N) is 2. The van der Waals surface area contributed by atoms with Gasteiger partial charge in [0.25, 0.3) is 0 Å². The molecular formula is C47H42N2. The van der Waals surface area contributed by atoms with Crippen LogP contribution in [0.4, 0.5) is 34.1 Å². The molecule has 2 heteroatoms. The Morgan fingerprint density at radius 1 is 0.388 bits per heavy atom. The molecule has 11 rings (SSSR count). The van der Waals surface area contributed by atoms with Crippen molar-refractivity contribution in [3.63, 3.8) is 0 Å². The molecule has 5 aliphatic carbocycles. The van der Waals surface area contributed by atoms with Crippen molar-refractivity contribution in [1.82, 2.24) is 0 Å². The van der Waals surface area contributed by atoms with Gasteiger partial charge in [0.05, 0.1) is 0 Å². The summed E-state index contributed by atoms with van der Waals surface area (Å²) in [6, 6.07) is 59.8. The maximum atomic E-state index is 2.49. The van der Waals surface area contributed by atoms with Crippen molar-refractivity contribution in [1.29, 1.82) is 0 Å². The van der Waals surface area contributed by atoms with Crippen LogP contribution in [0.3, 0.4) is 0 Å². The molecule has 0 saturated heterocycles. The summed E-state index contributed by atoms with van der Waals surface area (Å²) in [5.41, 5.74) is 11.4. The fourth-order valence-electron chi connectivity index (χ4n) is 11.0. The molecule has 3 unspecified atom stereocenters. The molecule has 49 heavy (non-hydrogen) atoms. The zero-order valence-electron chi connectivity index (χ0n) is 27.9. The van der Waals surface area contributed by atoms with Gasteiger partial charge in [-0.15, -0.1) is 0 Å². The van der Waals surface area contributed by atoms with Crippen molar-refractivity contribution in [3.8, 4) is 11.1 Å². The van der Waals surface area contributed by atoms with Crippen LogP contribution in [0, 0.1) is 29.6 Å². The zero-order valence-corrected chi connectivity index (χ0v) is 27.9. The highest BCUT2D eigenvalue weighted by Crippen LogP contribution is 2.72. The number of para-hydroxylation sites is 3. The van der Waals surface area contributed by atoms with Crippen LogP contribution in [0.15, 0.2) is 164 Å². The van der Waals surface area contributed by atoms with Gasteiger partial charge in [0.15, 0.2) is 0 Å². The first-order valence-corrected chi connectivity index (χ1v) is 18.3. The van der Waals surface area contributed by atoms with E-state index in [0.717, 1.165) is 46.7 Å². The Balaban J connectivity index is 0.975.